The van der Waals surface area contributed by atoms with Gasteiger partial charge in [-0.25, -0.2) is 4.79 Å². The van der Waals surface area contributed by atoms with Gasteiger partial charge < -0.3 is 14.9 Å². The minimum Gasteiger partial charge on any atom is -0.481 e. The van der Waals surface area contributed by atoms with Crippen LogP contribution in [0.2, 0.25) is 0 Å². The van der Waals surface area contributed by atoms with E-state index in [2.05, 4.69) is 0 Å². The number of aliphatic carboxylic acids is 1. The maximum atomic E-state index is 12.1. The second kappa shape index (κ2) is 5.38. The molecule has 0 saturated carbocycles. The van der Waals surface area contributed by atoms with Crippen LogP contribution in [0.5, 0.6) is 0 Å². The Hall–Kier alpha value is -1.26. The summed E-state index contributed by atoms with van der Waals surface area (Å²) in [5.41, 5.74) is 0. The predicted octanol–water partition coefficient (Wildman–Crippen LogP) is 1.49. The molecule has 0 aromatic rings. The first-order valence-corrected chi connectivity index (χ1v) is 6.13. The van der Waals surface area contributed by atoms with Crippen LogP contribution < -0.4 is 0 Å². The molecule has 98 valence electrons. The molecule has 3 atom stereocenters. The van der Waals surface area contributed by atoms with Gasteiger partial charge in [-0.15, -0.1) is 0 Å². The molecule has 5 heteroatoms. The fourth-order valence-electron chi connectivity index (χ4n) is 2.13. The van der Waals surface area contributed by atoms with Crippen molar-refractivity contribution in [3.8, 4) is 0 Å². The van der Waals surface area contributed by atoms with Gasteiger partial charge in [0.05, 0.1) is 5.92 Å². The van der Waals surface area contributed by atoms with E-state index in [9.17, 15) is 9.59 Å². The lowest BCUT2D eigenvalue weighted by Crippen LogP contribution is -2.44. The molecule has 0 aromatic carbocycles. The van der Waals surface area contributed by atoms with Crippen LogP contribution in [0.4, 0.5) is 4.79 Å². The molecule has 17 heavy (non-hydrogen) atoms. The predicted molar refractivity (Wildman–Crippen MR) is 64.8 cm³/mol. The summed E-state index contributed by atoms with van der Waals surface area (Å²) in [5.74, 6) is -1.20. The third-order valence-corrected chi connectivity index (χ3v) is 3.75. The number of rotatable bonds is 3. The van der Waals surface area contributed by atoms with Gasteiger partial charge >= 0.3 is 12.0 Å². The molecule has 0 aromatic heterocycles. The fraction of sp³-hybridized carbons (Fsp3) is 0.833. The molecule has 0 bridgehead atoms. The number of carbonyl (C=O) groups is 2. The zero-order valence-corrected chi connectivity index (χ0v) is 11.0. The molecule has 1 aliphatic heterocycles. The van der Waals surface area contributed by atoms with Gasteiger partial charge in [-0.3, -0.25) is 4.79 Å². The number of amides is 2. The number of carboxylic acids is 1. The number of urea groups is 1. The Bertz CT molecular complexity index is 306. The third-order valence-electron chi connectivity index (χ3n) is 3.75. The summed E-state index contributed by atoms with van der Waals surface area (Å²) in [6.45, 7) is 6.77. The highest BCUT2D eigenvalue weighted by Gasteiger charge is 2.38. The second-order valence-corrected chi connectivity index (χ2v) is 4.98. The Labute approximate surface area is 102 Å². The number of likely N-dealkylation sites (tertiary alicyclic amines) is 1. The van der Waals surface area contributed by atoms with E-state index in [0.717, 1.165) is 6.42 Å². The Morgan fingerprint density at radius 3 is 2.47 bits per heavy atom. The van der Waals surface area contributed by atoms with E-state index in [0.29, 0.717) is 13.1 Å². The first-order valence-electron chi connectivity index (χ1n) is 6.13. The zero-order chi connectivity index (χ0) is 13.2. The van der Waals surface area contributed by atoms with E-state index in [4.69, 9.17) is 5.11 Å². The molecular weight excluding hydrogens is 220 g/mol. The van der Waals surface area contributed by atoms with Gasteiger partial charge in [-0.1, -0.05) is 13.8 Å². The molecule has 1 aliphatic rings. The first-order chi connectivity index (χ1) is 7.88. The van der Waals surface area contributed by atoms with Crippen LogP contribution in [-0.4, -0.2) is 53.1 Å². The van der Waals surface area contributed by atoms with Gasteiger partial charge in [-0.05, 0) is 19.3 Å². The topological polar surface area (TPSA) is 60.9 Å². The average molecular weight is 242 g/mol. The number of carboxylic acid groups (broad SMARTS) is 1. The van der Waals surface area contributed by atoms with Crippen molar-refractivity contribution in [2.24, 2.45) is 11.8 Å². The molecule has 1 fully saturated rings. The standard InChI is InChI=1S/C12H22N2O3/c1-5-9(3)13(4)12(17)14-6-8(2)10(7-14)11(15)16/h8-10H,5-7H2,1-4H3,(H,15,16)/t8-,9?,10-/m1/s1. The van der Waals surface area contributed by atoms with Crippen LogP contribution >= 0.6 is 0 Å². The number of nitrogens with zero attached hydrogens (tertiary/aromatic N) is 2. The summed E-state index contributed by atoms with van der Waals surface area (Å²) in [5, 5.41) is 9.03. The van der Waals surface area contributed by atoms with Crippen LogP contribution in [-0.2, 0) is 4.79 Å². The zero-order valence-electron chi connectivity index (χ0n) is 11.0. The molecular formula is C12H22N2O3. The number of hydrogen-bond acceptors (Lipinski definition) is 2. The minimum absolute atomic E-state index is 0.0294. The lowest BCUT2D eigenvalue weighted by molar-refractivity contribution is -0.142. The van der Waals surface area contributed by atoms with Crippen LogP contribution in [0, 0.1) is 11.8 Å². The summed E-state index contributed by atoms with van der Waals surface area (Å²) in [7, 11) is 1.77. The van der Waals surface area contributed by atoms with Gasteiger partial charge in [-0.2, -0.15) is 0 Å². The van der Waals surface area contributed by atoms with Crippen molar-refractivity contribution in [3.63, 3.8) is 0 Å². The average Bonchev–Trinajstić information content (AvgIpc) is 2.68. The highest BCUT2D eigenvalue weighted by atomic mass is 16.4. The van der Waals surface area contributed by atoms with Crippen molar-refractivity contribution in [1.29, 1.82) is 0 Å². The highest BCUT2D eigenvalue weighted by Crippen LogP contribution is 2.24. The molecule has 0 radical (unpaired) electrons. The molecule has 2 amide bonds. The van der Waals surface area contributed by atoms with Gasteiger partial charge in [0, 0.05) is 26.2 Å². The molecule has 1 rings (SSSR count). The van der Waals surface area contributed by atoms with Crippen molar-refractivity contribution >= 4 is 12.0 Å². The third kappa shape index (κ3) is 2.90. The van der Waals surface area contributed by atoms with Crippen LogP contribution in [0.1, 0.15) is 27.2 Å². The Kier molecular flexibility index (Phi) is 4.37. The number of hydrogen-bond donors (Lipinski definition) is 1. The summed E-state index contributed by atoms with van der Waals surface area (Å²) >= 11 is 0. The molecule has 5 nitrogen and oxygen atoms in total. The fourth-order valence-corrected chi connectivity index (χ4v) is 2.13. The molecule has 0 spiro atoms. The normalized spacial score (nSPS) is 25.8. The summed E-state index contributed by atoms with van der Waals surface area (Å²) in [4.78, 5) is 26.4. The Balaban J connectivity index is 2.64. The van der Waals surface area contributed by atoms with Crippen molar-refractivity contribution < 1.29 is 14.7 Å². The maximum absolute atomic E-state index is 12.1. The van der Waals surface area contributed by atoms with Gasteiger partial charge in [0.15, 0.2) is 0 Å². The van der Waals surface area contributed by atoms with E-state index in [-0.39, 0.29) is 18.0 Å². The molecule has 1 N–H and O–H groups in total. The first kappa shape index (κ1) is 13.8. The van der Waals surface area contributed by atoms with Gasteiger partial charge in [0.25, 0.3) is 0 Å². The largest absolute Gasteiger partial charge is 0.481 e. The van der Waals surface area contributed by atoms with Gasteiger partial charge in [0.2, 0.25) is 0 Å². The van der Waals surface area contributed by atoms with E-state index < -0.39 is 11.9 Å². The minimum atomic E-state index is -0.806. The summed E-state index contributed by atoms with van der Waals surface area (Å²) < 4.78 is 0. The summed E-state index contributed by atoms with van der Waals surface area (Å²) in [6.07, 6.45) is 0.897. The van der Waals surface area contributed by atoms with Crippen LogP contribution in [0.3, 0.4) is 0 Å². The van der Waals surface area contributed by atoms with Crippen LogP contribution in [0.25, 0.3) is 0 Å². The summed E-state index contributed by atoms with van der Waals surface area (Å²) in [6, 6.07) is 0.122. The molecule has 0 aliphatic carbocycles. The Morgan fingerprint density at radius 1 is 1.47 bits per heavy atom. The van der Waals surface area contributed by atoms with Crippen molar-refractivity contribution in [2.75, 3.05) is 20.1 Å². The van der Waals surface area contributed by atoms with Crippen molar-refractivity contribution in [1.82, 2.24) is 9.80 Å². The van der Waals surface area contributed by atoms with E-state index in [1.54, 1.807) is 16.8 Å². The smallest absolute Gasteiger partial charge is 0.320 e. The van der Waals surface area contributed by atoms with Crippen molar-refractivity contribution in [3.05, 3.63) is 0 Å². The SMILES string of the molecule is CCC(C)N(C)C(=O)N1C[C@@H](C)[C@H](C(=O)O)C1. The molecule has 1 unspecified atom stereocenters. The van der Waals surface area contributed by atoms with Crippen LogP contribution in [0.15, 0.2) is 0 Å². The molecule has 1 saturated heterocycles. The highest BCUT2D eigenvalue weighted by molar-refractivity contribution is 5.77. The number of carbonyl (C=O) groups excluding carboxylic acids is 1. The van der Waals surface area contributed by atoms with E-state index >= 15 is 0 Å². The molecule has 1 heterocycles. The lowest BCUT2D eigenvalue weighted by atomic mass is 9.99. The maximum Gasteiger partial charge on any atom is 0.320 e. The van der Waals surface area contributed by atoms with E-state index in [1.807, 2.05) is 20.8 Å². The van der Waals surface area contributed by atoms with E-state index in [1.165, 1.54) is 0 Å². The second-order valence-electron chi connectivity index (χ2n) is 4.98. The van der Waals surface area contributed by atoms with Gasteiger partial charge in [0.1, 0.15) is 0 Å². The van der Waals surface area contributed by atoms with Crippen molar-refractivity contribution in [2.45, 2.75) is 33.2 Å². The Morgan fingerprint density at radius 2 is 2.06 bits per heavy atom. The quantitative estimate of drug-likeness (QED) is 0.815. The monoisotopic (exact) mass is 242 g/mol. The lowest BCUT2D eigenvalue weighted by Gasteiger charge is -2.29.